The van der Waals surface area contributed by atoms with E-state index in [9.17, 15) is 8.42 Å². The van der Waals surface area contributed by atoms with Crippen LogP contribution in [0.3, 0.4) is 0 Å². The maximum absolute atomic E-state index is 12.7. The highest BCUT2D eigenvalue weighted by Gasteiger charge is 2.31. The van der Waals surface area contributed by atoms with Crippen LogP contribution < -0.4 is 5.73 Å². The summed E-state index contributed by atoms with van der Waals surface area (Å²) in [5.74, 6) is 0.451. The number of rotatable bonds is 6. The number of pyridine rings is 1. The van der Waals surface area contributed by atoms with Gasteiger partial charge < -0.3 is 5.73 Å². The van der Waals surface area contributed by atoms with Gasteiger partial charge in [0.25, 0.3) is 10.2 Å². The van der Waals surface area contributed by atoms with Gasteiger partial charge in [-0.1, -0.05) is 6.92 Å². The summed E-state index contributed by atoms with van der Waals surface area (Å²) in [6.45, 7) is 4.49. The number of piperidine rings is 1. The van der Waals surface area contributed by atoms with Crippen LogP contribution in [-0.4, -0.2) is 48.2 Å². The Morgan fingerprint density at radius 1 is 1.33 bits per heavy atom. The van der Waals surface area contributed by atoms with Crippen molar-refractivity contribution in [2.75, 3.05) is 26.2 Å². The summed E-state index contributed by atoms with van der Waals surface area (Å²) in [6, 6.07) is 3.69. The van der Waals surface area contributed by atoms with Gasteiger partial charge in [-0.2, -0.15) is 17.0 Å². The van der Waals surface area contributed by atoms with E-state index in [0.29, 0.717) is 38.6 Å². The molecule has 0 radical (unpaired) electrons. The third kappa shape index (κ3) is 4.00. The molecule has 1 fully saturated rings. The lowest BCUT2D eigenvalue weighted by atomic mass is 9.99. The molecule has 1 aromatic rings. The molecule has 1 aliphatic heterocycles. The Bertz CT molecular complexity index is 527. The van der Waals surface area contributed by atoms with Gasteiger partial charge in [0.05, 0.1) is 0 Å². The fraction of sp³-hybridized carbons (Fsp3) is 0.643. The number of hydrogen-bond donors (Lipinski definition) is 1. The van der Waals surface area contributed by atoms with Crippen molar-refractivity contribution in [1.29, 1.82) is 0 Å². The predicted molar refractivity (Wildman–Crippen MR) is 82.6 cm³/mol. The van der Waals surface area contributed by atoms with Gasteiger partial charge in [-0.25, -0.2) is 0 Å². The zero-order chi connectivity index (χ0) is 15.3. The van der Waals surface area contributed by atoms with Gasteiger partial charge in [0.2, 0.25) is 0 Å². The van der Waals surface area contributed by atoms with Crippen molar-refractivity contribution in [2.24, 2.45) is 11.7 Å². The molecule has 2 rings (SSSR count). The van der Waals surface area contributed by atoms with E-state index in [1.165, 1.54) is 4.31 Å². The molecule has 0 aliphatic carbocycles. The average molecular weight is 312 g/mol. The van der Waals surface area contributed by atoms with E-state index in [2.05, 4.69) is 4.98 Å². The molecule has 0 unspecified atom stereocenters. The molecule has 2 heterocycles. The Labute approximate surface area is 127 Å². The van der Waals surface area contributed by atoms with Gasteiger partial charge in [0, 0.05) is 38.6 Å². The molecule has 2 N–H and O–H groups in total. The van der Waals surface area contributed by atoms with E-state index in [1.807, 2.05) is 19.1 Å². The molecule has 0 atom stereocenters. The molecule has 6 nitrogen and oxygen atoms in total. The standard InChI is InChI=1S/C14H24N4O2S/c1-2-17(12-14-3-7-16-8-4-14)21(19,20)18-9-5-13(11-15)6-10-18/h3-4,7-8,13H,2,5-6,9-12,15H2,1H3. The van der Waals surface area contributed by atoms with Crippen LogP contribution in [0.2, 0.25) is 0 Å². The Morgan fingerprint density at radius 3 is 2.48 bits per heavy atom. The van der Waals surface area contributed by atoms with Crippen LogP contribution in [-0.2, 0) is 16.8 Å². The van der Waals surface area contributed by atoms with Crippen molar-refractivity contribution in [1.82, 2.24) is 13.6 Å². The Balaban J connectivity index is 2.06. The lowest BCUT2D eigenvalue weighted by Gasteiger charge is -2.34. The lowest BCUT2D eigenvalue weighted by molar-refractivity contribution is 0.257. The van der Waals surface area contributed by atoms with Crippen LogP contribution in [0.1, 0.15) is 25.3 Å². The highest BCUT2D eigenvalue weighted by atomic mass is 32.2. The molecular formula is C14H24N4O2S. The third-order valence-corrected chi connectivity index (χ3v) is 6.08. The van der Waals surface area contributed by atoms with Crippen molar-refractivity contribution >= 4 is 10.2 Å². The van der Waals surface area contributed by atoms with Crippen LogP contribution in [0, 0.1) is 5.92 Å². The molecule has 0 saturated carbocycles. The van der Waals surface area contributed by atoms with E-state index in [4.69, 9.17) is 5.73 Å². The lowest BCUT2D eigenvalue weighted by Crippen LogP contribution is -2.47. The molecule has 1 aromatic heterocycles. The monoisotopic (exact) mass is 312 g/mol. The highest BCUT2D eigenvalue weighted by molar-refractivity contribution is 7.86. The zero-order valence-corrected chi connectivity index (χ0v) is 13.3. The van der Waals surface area contributed by atoms with Crippen LogP contribution in [0.15, 0.2) is 24.5 Å². The minimum Gasteiger partial charge on any atom is -0.330 e. The first-order valence-corrected chi connectivity index (χ1v) is 8.81. The molecule has 0 spiro atoms. The normalized spacial score (nSPS) is 18.2. The summed E-state index contributed by atoms with van der Waals surface area (Å²) in [4.78, 5) is 3.96. The number of hydrogen-bond acceptors (Lipinski definition) is 4. The van der Waals surface area contributed by atoms with E-state index in [-0.39, 0.29) is 0 Å². The highest BCUT2D eigenvalue weighted by Crippen LogP contribution is 2.21. The quantitative estimate of drug-likeness (QED) is 0.843. The molecule has 0 aromatic carbocycles. The average Bonchev–Trinajstić information content (AvgIpc) is 2.53. The van der Waals surface area contributed by atoms with Gasteiger partial charge in [-0.3, -0.25) is 4.98 Å². The molecule has 0 bridgehead atoms. The Morgan fingerprint density at radius 2 is 1.95 bits per heavy atom. The van der Waals surface area contributed by atoms with Crippen molar-refractivity contribution in [3.8, 4) is 0 Å². The fourth-order valence-electron chi connectivity index (χ4n) is 2.59. The van der Waals surface area contributed by atoms with Crippen molar-refractivity contribution in [3.63, 3.8) is 0 Å². The summed E-state index contributed by atoms with van der Waals surface area (Å²) in [7, 11) is -3.40. The molecule has 0 amide bonds. The minimum absolute atomic E-state index is 0.387. The van der Waals surface area contributed by atoms with Crippen LogP contribution in [0.4, 0.5) is 0 Å². The number of nitrogens with two attached hydrogens (primary N) is 1. The summed E-state index contributed by atoms with van der Waals surface area (Å²) in [5.41, 5.74) is 6.61. The summed E-state index contributed by atoms with van der Waals surface area (Å²) in [6.07, 6.45) is 5.07. The minimum atomic E-state index is -3.40. The van der Waals surface area contributed by atoms with E-state index < -0.39 is 10.2 Å². The van der Waals surface area contributed by atoms with Gasteiger partial charge in [-0.15, -0.1) is 0 Å². The summed E-state index contributed by atoms with van der Waals surface area (Å²) < 4.78 is 28.5. The second-order valence-electron chi connectivity index (χ2n) is 5.37. The maximum Gasteiger partial charge on any atom is 0.282 e. The van der Waals surface area contributed by atoms with Gasteiger partial charge >= 0.3 is 0 Å². The van der Waals surface area contributed by atoms with Crippen molar-refractivity contribution in [3.05, 3.63) is 30.1 Å². The SMILES string of the molecule is CCN(Cc1ccncc1)S(=O)(=O)N1CCC(CN)CC1. The van der Waals surface area contributed by atoms with Crippen LogP contribution in [0.25, 0.3) is 0 Å². The predicted octanol–water partition coefficient (Wildman–Crippen LogP) is 0.819. The van der Waals surface area contributed by atoms with Gasteiger partial charge in [0.1, 0.15) is 0 Å². The third-order valence-electron chi connectivity index (χ3n) is 4.02. The molecule has 1 aliphatic rings. The first kappa shape index (κ1) is 16.4. The van der Waals surface area contributed by atoms with Crippen LogP contribution >= 0.6 is 0 Å². The van der Waals surface area contributed by atoms with Gasteiger partial charge in [-0.05, 0) is 43.0 Å². The first-order chi connectivity index (χ1) is 10.1. The maximum atomic E-state index is 12.7. The fourth-order valence-corrected chi connectivity index (χ4v) is 4.22. The molecule has 1 saturated heterocycles. The molecule has 7 heteroatoms. The first-order valence-electron chi connectivity index (χ1n) is 7.42. The Hall–Kier alpha value is -1.02. The molecule has 118 valence electrons. The van der Waals surface area contributed by atoms with Crippen molar-refractivity contribution in [2.45, 2.75) is 26.3 Å². The Kier molecular flexibility index (Phi) is 5.69. The molecule has 21 heavy (non-hydrogen) atoms. The van der Waals surface area contributed by atoms with Crippen LogP contribution in [0.5, 0.6) is 0 Å². The second kappa shape index (κ2) is 7.31. The molecular weight excluding hydrogens is 288 g/mol. The largest absolute Gasteiger partial charge is 0.330 e. The number of aromatic nitrogens is 1. The zero-order valence-electron chi connectivity index (χ0n) is 12.5. The van der Waals surface area contributed by atoms with E-state index >= 15 is 0 Å². The topological polar surface area (TPSA) is 79.5 Å². The smallest absolute Gasteiger partial charge is 0.282 e. The summed E-state index contributed by atoms with van der Waals surface area (Å²) >= 11 is 0. The van der Waals surface area contributed by atoms with Crippen molar-refractivity contribution < 1.29 is 8.42 Å². The summed E-state index contributed by atoms with van der Waals surface area (Å²) in [5, 5.41) is 0. The second-order valence-corrected chi connectivity index (χ2v) is 7.30. The number of nitrogens with zero attached hydrogens (tertiary/aromatic N) is 3. The van der Waals surface area contributed by atoms with Gasteiger partial charge in [0.15, 0.2) is 0 Å². The van der Waals surface area contributed by atoms with E-state index in [0.717, 1.165) is 18.4 Å². The van der Waals surface area contributed by atoms with E-state index in [1.54, 1.807) is 16.7 Å².